The highest BCUT2D eigenvalue weighted by molar-refractivity contribution is 7.13. The maximum Gasteiger partial charge on any atom is 0.321 e. The van der Waals surface area contributed by atoms with E-state index in [-0.39, 0.29) is 18.0 Å². The molecular formula is C18H20N4O2S. The quantitative estimate of drug-likeness (QED) is 0.739. The zero-order chi connectivity index (χ0) is 17.6. The van der Waals surface area contributed by atoms with Crippen LogP contribution in [0.5, 0.6) is 0 Å². The fraction of sp³-hybridized carbons (Fsp3) is 0.333. The summed E-state index contributed by atoms with van der Waals surface area (Å²) in [6, 6.07) is 9.82. The van der Waals surface area contributed by atoms with Gasteiger partial charge in [0.25, 0.3) is 0 Å². The van der Waals surface area contributed by atoms with Gasteiger partial charge in [-0.3, -0.25) is 4.79 Å². The zero-order valence-corrected chi connectivity index (χ0v) is 14.7. The van der Waals surface area contributed by atoms with Crippen LogP contribution >= 0.6 is 11.3 Å². The molecule has 3 amide bonds. The van der Waals surface area contributed by atoms with Crippen molar-refractivity contribution in [1.29, 1.82) is 0 Å². The van der Waals surface area contributed by atoms with Crippen LogP contribution in [-0.4, -0.2) is 36.0 Å². The van der Waals surface area contributed by atoms with Crippen LogP contribution in [0, 0.1) is 11.8 Å². The van der Waals surface area contributed by atoms with E-state index >= 15 is 0 Å². The van der Waals surface area contributed by atoms with Crippen molar-refractivity contribution in [2.24, 2.45) is 11.8 Å². The molecule has 4 N–H and O–H groups in total. The number of carbonyl (C=O) groups excluding carboxylic acids is 2. The minimum Gasteiger partial charge on any atom is -0.397 e. The van der Waals surface area contributed by atoms with Crippen LogP contribution in [0.2, 0.25) is 0 Å². The van der Waals surface area contributed by atoms with Gasteiger partial charge in [0.05, 0.1) is 11.4 Å². The Morgan fingerprint density at radius 3 is 2.64 bits per heavy atom. The van der Waals surface area contributed by atoms with E-state index in [2.05, 4.69) is 10.6 Å². The lowest BCUT2D eigenvalue weighted by Gasteiger charge is -2.21. The summed E-state index contributed by atoms with van der Waals surface area (Å²) in [5.41, 5.74) is 8.25. The molecule has 1 saturated carbocycles. The molecule has 0 spiro atoms. The maximum absolute atomic E-state index is 12.5. The third-order valence-corrected chi connectivity index (χ3v) is 5.87. The first-order valence-corrected chi connectivity index (χ1v) is 9.17. The van der Waals surface area contributed by atoms with Crippen molar-refractivity contribution in [2.45, 2.75) is 13.0 Å². The molecule has 2 aliphatic rings. The van der Waals surface area contributed by atoms with Gasteiger partial charge in [-0.25, -0.2) is 4.79 Å². The van der Waals surface area contributed by atoms with E-state index in [9.17, 15) is 9.59 Å². The SMILES string of the molecule is CC(=O)NC1C2CN(C(=O)Nc3cc(-c4cccs4)ccc3N)CC21. The lowest BCUT2D eigenvalue weighted by atomic mass is 10.1. The van der Waals surface area contributed by atoms with Crippen LogP contribution in [0.1, 0.15) is 6.92 Å². The van der Waals surface area contributed by atoms with Crippen molar-refractivity contribution >= 4 is 34.6 Å². The summed E-state index contributed by atoms with van der Waals surface area (Å²) in [5.74, 6) is 0.752. The molecule has 2 aromatic rings. The van der Waals surface area contributed by atoms with Gasteiger partial charge in [0, 0.05) is 42.8 Å². The molecule has 1 saturated heterocycles. The van der Waals surface area contributed by atoms with Gasteiger partial charge in [0.2, 0.25) is 5.91 Å². The highest BCUT2D eigenvalue weighted by atomic mass is 32.1. The first-order chi connectivity index (χ1) is 12.0. The summed E-state index contributed by atoms with van der Waals surface area (Å²) in [6.45, 7) is 2.87. The average molecular weight is 356 g/mol. The smallest absolute Gasteiger partial charge is 0.321 e. The van der Waals surface area contributed by atoms with E-state index in [0.29, 0.717) is 36.3 Å². The monoisotopic (exact) mass is 356 g/mol. The highest BCUT2D eigenvalue weighted by Crippen LogP contribution is 2.45. The van der Waals surface area contributed by atoms with E-state index in [1.165, 1.54) is 6.92 Å². The highest BCUT2D eigenvalue weighted by Gasteiger charge is 2.57. The molecule has 0 bridgehead atoms. The molecule has 7 heteroatoms. The summed E-state index contributed by atoms with van der Waals surface area (Å²) in [7, 11) is 0. The fourth-order valence-corrected chi connectivity index (χ4v) is 4.32. The Morgan fingerprint density at radius 2 is 2.00 bits per heavy atom. The van der Waals surface area contributed by atoms with E-state index in [4.69, 9.17) is 5.73 Å². The number of rotatable bonds is 3. The van der Waals surface area contributed by atoms with Gasteiger partial charge < -0.3 is 21.3 Å². The number of nitrogen functional groups attached to an aromatic ring is 1. The number of nitrogens with zero attached hydrogens (tertiary/aromatic N) is 1. The Balaban J connectivity index is 1.41. The molecule has 2 unspecified atom stereocenters. The molecule has 1 aliphatic carbocycles. The predicted octanol–water partition coefficient (Wildman–Crippen LogP) is 2.60. The maximum atomic E-state index is 12.5. The fourth-order valence-electron chi connectivity index (χ4n) is 3.60. The van der Waals surface area contributed by atoms with E-state index in [1.54, 1.807) is 16.2 Å². The van der Waals surface area contributed by atoms with E-state index in [1.807, 2.05) is 35.7 Å². The third-order valence-electron chi connectivity index (χ3n) is 4.95. The van der Waals surface area contributed by atoms with Gasteiger partial charge >= 0.3 is 6.03 Å². The Morgan fingerprint density at radius 1 is 1.24 bits per heavy atom. The van der Waals surface area contributed by atoms with Crippen molar-refractivity contribution in [3.05, 3.63) is 35.7 Å². The van der Waals surface area contributed by atoms with Gasteiger partial charge in [0.15, 0.2) is 0 Å². The molecule has 4 rings (SSSR count). The van der Waals surface area contributed by atoms with Gasteiger partial charge in [-0.1, -0.05) is 12.1 Å². The second-order valence-electron chi connectivity index (χ2n) is 6.67. The summed E-state index contributed by atoms with van der Waals surface area (Å²) >= 11 is 1.65. The molecule has 6 nitrogen and oxygen atoms in total. The Labute approximate surface area is 150 Å². The number of benzene rings is 1. The second kappa shape index (κ2) is 6.07. The third kappa shape index (κ3) is 3.07. The summed E-state index contributed by atoms with van der Waals surface area (Å²) in [6.07, 6.45) is 0. The van der Waals surface area contributed by atoms with E-state index < -0.39 is 0 Å². The van der Waals surface area contributed by atoms with Crippen LogP contribution < -0.4 is 16.4 Å². The predicted molar refractivity (Wildman–Crippen MR) is 99.3 cm³/mol. The molecule has 25 heavy (non-hydrogen) atoms. The minimum absolute atomic E-state index is 0.00596. The van der Waals surface area contributed by atoms with Gasteiger partial charge in [-0.05, 0) is 29.1 Å². The number of amides is 3. The number of fused-ring (bicyclic) bond motifs is 1. The number of likely N-dealkylation sites (tertiary alicyclic amines) is 1. The van der Waals surface area contributed by atoms with Crippen molar-refractivity contribution in [3.63, 3.8) is 0 Å². The normalized spacial score (nSPS) is 23.9. The molecule has 1 aliphatic heterocycles. The molecular weight excluding hydrogens is 336 g/mol. The number of piperidine rings is 1. The van der Waals surface area contributed by atoms with Crippen molar-refractivity contribution in [3.8, 4) is 10.4 Å². The number of carbonyl (C=O) groups is 2. The first-order valence-electron chi connectivity index (χ1n) is 8.29. The molecule has 2 atom stereocenters. The largest absolute Gasteiger partial charge is 0.397 e. The molecule has 0 radical (unpaired) electrons. The number of nitrogens with two attached hydrogens (primary N) is 1. The van der Waals surface area contributed by atoms with Crippen molar-refractivity contribution in [1.82, 2.24) is 10.2 Å². The zero-order valence-electron chi connectivity index (χ0n) is 13.9. The number of nitrogens with one attached hydrogen (secondary N) is 2. The standard InChI is InChI=1S/C18H20N4O2S/c1-10(23)20-17-12-8-22(9-13(12)17)18(24)21-15-7-11(4-5-14(15)19)16-3-2-6-25-16/h2-7,12-13,17H,8-9,19H2,1H3,(H,20,23)(H,21,24). The van der Waals surface area contributed by atoms with Gasteiger partial charge in [-0.15, -0.1) is 11.3 Å². The van der Waals surface area contributed by atoms with Crippen LogP contribution in [0.3, 0.4) is 0 Å². The Bertz CT molecular complexity index is 808. The van der Waals surface area contributed by atoms with Gasteiger partial charge in [-0.2, -0.15) is 0 Å². The molecule has 130 valence electrons. The second-order valence-corrected chi connectivity index (χ2v) is 7.62. The van der Waals surface area contributed by atoms with Crippen molar-refractivity contribution in [2.75, 3.05) is 24.1 Å². The number of thiophene rings is 1. The molecule has 2 fully saturated rings. The molecule has 2 heterocycles. The Hall–Kier alpha value is -2.54. The lowest BCUT2D eigenvalue weighted by molar-refractivity contribution is -0.119. The summed E-state index contributed by atoms with van der Waals surface area (Å²) in [4.78, 5) is 26.6. The lowest BCUT2D eigenvalue weighted by Crippen LogP contribution is -2.39. The number of hydrogen-bond donors (Lipinski definition) is 3. The number of hydrogen-bond acceptors (Lipinski definition) is 4. The van der Waals surface area contributed by atoms with Crippen LogP contribution in [0.25, 0.3) is 10.4 Å². The van der Waals surface area contributed by atoms with E-state index in [0.717, 1.165) is 10.4 Å². The van der Waals surface area contributed by atoms with Crippen LogP contribution in [0.15, 0.2) is 35.7 Å². The average Bonchev–Trinajstić information content (AvgIpc) is 3.04. The number of urea groups is 1. The van der Waals surface area contributed by atoms with Crippen molar-refractivity contribution < 1.29 is 9.59 Å². The topological polar surface area (TPSA) is 87.5 Å². The van der Waals surface area contributed by atoms with Crippen LogP contribution in [0.4, 0.5) is 16.2 Å². The first kappa shape index (κ1) is 16.0. The van der Waals surface area contributed by atoms with Crippen LogP contribution in [-0.2, 0) is 4.79 Å². The number of anilines is 2. The minimum atomic E-state index is -0.135. The molecule has 1 aromatic heterocycles. The Kier molecular flexibility index (Phi) is 3.88. The van der Waals surface area contributed by atoms with Gasteiger partial charge in [0.1, 0.15) is 0 Å². The molecule has 1 aromatic carbocycles. The summed E-state index contributed by atoms with van der Waals surface area (Å²) < 4.78 is 0. The summed E-state index contributed by atoms with van der Waals surface area (Å²) in [5, 5.41) is 7.89.